The number of benzene rings is 1. The topological polar surface area (TPSA) is 81.8 Å². The minimum Gasteiger partial charge on any atom is -0.322 e. The molecule has 5 rings (SSSR count). The summed E-state index contributed by atoms with van der Waals surface area (Å²) in [6, 6.07) is 6.78. The Morgan fingerprint density at radius 3 is 2.80 bits per heavy atom. The van der Waals surface area contributed by atoms with Crippen molar-refractivity contribution in [2.24, 2.45) is 0 Å². The molecule has 0 bridgehead atoms. The average Bonchev–Trinajstić information content (AvgIpc) is 2.90. The molecule has 3 atom stereocenters. The predicted molar refractivity (Wildman–Crippen MR) is 112 cm³/mol. The van der Waals surface area contributed by atoms with E-state index in [2.05, 4.69) is 27.7 Å². The molecule has 160 valence electrons. The van der Waals surface area contributed by atoms with Crippen molar-refractivity contribution in [2.45, 2.75) is 76.2 Å². The summed E-state index contributed by atoms with van der Waals surface area (Å²) in [5.41, 5.74) is 2.92. The number of nitrogens with zero attached hydrogens (tertiary/aromatic N) is 2. The second-order valence-electron chi connectivity index (χ2n) is 9.13. The van der Waals surface area contributed by atoms with E-state index in [-0.39, 0.29) is 24.1 Å². The van der Waals surface area contributed by atoms with Gasteiger partial charge in [0.1, 0.15) is 6.04 Å². The van der Waals surface area contributed by atoms with Crippen LogP contribution in [0.1, 0.15) is 66.4 Å². The van der Waals surface area contributed by atoms with E-state index in [0.29, 0.717) is 30.6 Å². The van der Waals surface area contributed by atoms with Gasteiger partial charge in [0.15, 0.2) is 0 Å². The van der Waals surface area contributed by atoms with Crippen molar-refractivity contribution in [1.29, 1.82) is 0 Å². The van der Waals surface area contributed by atoms with Gasteiger partial charge in [-0.15, -0.1) is 0 Å². The minimum atomic E-state index is -0.550. The van der Waals surface area contributed by atoms with E-state index in [1.165, 1.54) is 37.7 Å². The highest BCUT2D eigenvalue weighted by Crippen LogP contribution is 2.30. The van der Waals surface area contributed by atoms with Crippen LogP contribution in [0.25, 0.3) is 0 Å². The monoisotopic (exact) mass is 410 g/mol. The van der Waals surface area contributed by atoms with Gasteiger partial charge in [-0.3, -0.25) is 24.6 Å². The maximum Gasteiger partial charge on any atom is 0.255 e. The number of rotatable bonds is 3. The van der Waals surface area contributed by atoms with E-state index in [1.807, 2.05) is 6.07 Å². The van der Waals surface area contributed by atoms with Crippen LogP contribution in [0.2, 0.25) is 0 Å². The molecule has 1 unspecified atom stereocenters. The first-order valence-electron chi connectivity index (χ1n) is 11.3. The fourth-order valence-electron chi connectivity index (χ4n) is 5.67. The summed E-state index contributed by atoms with van der Waals surface area (Å²) in [7, 11) is 0. The number of carbonyl (C=O) groups excluding carboxylic acids is 3. The summed E-state index contributed by atoms with van der Waals surface area (Å²) in [5, 5.41) is 6.11. The molecule has 7 heteroatoms. The van der Waals surface area contributed by atoms with Crippen molar-refractivity contribution in [3.63, 3.8) is 0 Å². The van der Waals surface area contributed by atoms with Gasteiger partial charge < -0.3 is 10.2 Å². The Hall–Kier alpha value is -2.25. The van der Waals surface area contributed by atoms with Crippen LogP contribution in [-0.2, 0) is 22.7 Å². The Bertz CT molecular complexity index is 870. The van der Waals surface area contributed by atoms with E-state index in [1.54, 1.807) is 4.90 Å². The highest BCUT2D eigenvalue weighted by Gasteiger charge is 2.39. The molecule has 0 spiro atoms. The first kappa shape index (κ1) is 19.7. The third kappa shape index (κ3) is 3.65. The van der Waals surface area contributed by atoms with Crippen molar-refractivity contribution < 1.29 is 14.4 Å². The molecule has 7 nitrogen and oxygen atoms in total. The normalized spacial score (nSPS) is 29.9. The number of carbonyl (C=O) groups is 3. The lowest BCUT2D eigenvalue weighted by Crippen LogP contribution is -2.52. The molecule has 3 fully saturated rings. The van der Waals surface area contributed by atoms with Gasteiger partial charge in [-0.2, -0.15) is 0 Å². The molecule has 1 aromatic rings. The number of piperidine rings is 2. The molecule has 0 aliphatic carbocycles. The Balaban J connectivity index is 1.31. The molecule has 3 amide bonds. The molecule has 0 radical (unpaired) electrons. The molecule has 4 heterocycles. The summed E-state index contributed by atoms with van der Waals surface area (Å²) >= 11 is 0. The fourth-order valence-corrected chi connectivity index (χ4v) is 5.67. The van der Waals surface area contributed by atoms with Crippen molar-refractivity contribution >= 4 is 17.7 Å². The van der Waals surface area contributed by atoms with Crippen molar-refractivity contribution in [3.8, 4) is 0 Å². The van der Waals surface area contributed by atoms with Crippen LogP contribution in [0, 0.1) is 0 Å². The lowest BCUT2D eigenvalue weighted by Gasteiger charge is -2.41. The summed E-state index contributed by atoms with van der Waals surface area (Å²) < 4.78 is 0. The van der Waals surface area contributed by atoms with Crippen LogP contribution in [0.3, 0.4) is 0 Å². The first-order valence-corrected chi connectivity index (χ1v) is 11.3. The molecule has 1 aromatic carbocycles. The number of likely N-dealkylation sites (tertiary alicyclic amines) is 1. The smallest absolute Gasteiger partial charge is 0.255 e. The zero-order chi connectivity index (χ0) is 20.7. The Kier molecular flexibility index (Phi) is 5.33. The zero-order valence-corrected chi connectivity index (χ0v) is 17.4. The third-order valence-electron chi connectivity index (χ3n) is 7.20. The van der Waals surface area contributed by atoms with Crippen LogP contribution < -0.4 is 10.6 Å². The fraction of sp³-hybridized carbons (Fsp3) is 0.609. The van der Waals surface area contributed by atoms with Gasteiger partial charge in [-0.05, 0) is 62.4 Å². The predicted octanol–water partition coefficient (Wildman–Crippen LogP) is 1.55. The number of hydrogen-bond acceptors (Lipinski definition) is 5. The molecule has 0 saturated carbocycles. The molecular formula is C23H30N4O3. The summed E-state index contributed by atoms with van der Waals surface area (Å²) in [6.45, 7) is 3.61. The second-order valence-corrected chi connectivity index (χ2v) is 9.13. The van der Waals surface area contributed by atoms with Crippen LogP contribution in [-0.4, -0.2) is 58.7 Å². The number of amides is 3. The third-order valence-corrected chi connectivity index (χ3v) is 7.20. The quantitative estimate of drug-likeness (QED) is 0.739. The van der Waals surface area contributed by atoms with Gasteiger partial charge >= 0.3 is 0 Å². The van der Waals surface area contributed by atoms with Crippen molar-refractivity contribution in [1.82, 2.24) is 20.4 Å². The molecule has 2 N–H and O–H groups in total. The van der Waals surface area contributed by atoms with Crippen LogP contribution in [0.4, 0.5) is 0 Å². The Morgan fingerprint density at radius 2 is 1.93 bits per heavy atom. The highest BCUT2D eigenvalue weighted by molar-refractivity contribution is 6.05. The van der Waals surface area contributed by atoms with Crippen LogP contribution >= 0.6 is 0 Å². The lowest BCUT2D eigenvalue weighted by atomic mass is 9.92. The zero-order valence-electron chi connectivity index (χ0n) is 17.4. The van der Waals surface area contributed by atoms with E-state index < -0.39 is 6.04 Å². The standard InChI is InChI=1S/C23H30N4O3/c28-21-9-8-20(22(29)25-21)27-14-16-12-15(6-7-17(16)23(27)30)13-26-11-3-4-18-19(26)5-1-2-10-24-18/h6-7,12,18-20,24H,1-5,8-11,13-14H2,(H,25,28,29)/t18-,19+,20?/m1/s1. The molecule has 4 aliphatic heterocycles. The Labute approximate surface area is 177 Å². The molecule has 4 aliphatic rings. The van der Waals surface area contributed by atoms with Gasteiger partial charge in [0.25, 0.3) is 5.91 Å². The van der Waals surface area contributed by atoms with Gasteiger partial charge in [-0.25, -0.2) is 0 Å². The first-order chi connectivity index (χ1) is 14.6. The van der Waals surface area contributed by atoms with E-state index in [0.717, 1.165) is 25.2 Å². The number of hydrogen-bond donors (Lipinski definition) is 2. The maximum atomic E-state index is 12.9. The van der Waals surface area contributed by atoms with Crippen molar-refractivity contribution in [2.75, 3.05) is 13.1 Å². The van der Waals surface area contributed by atoms with Gasteiger partial charge in [-0.1, -0.05) is 18.6 Å². The van der Waals surface area contributed by atoms with Gasteiger partial charge in [0, 0.05) is 37.2 Å². The summed E-state index contributed by atoms with van der Waals surface area (Å²) in [5.74, 6) is -0.708. The SMILES string of the molecule is O=C1CCC(N2Cc3cc(CN4CCC[C@H]5NCCCC[C@@H]54)ccc3C2=O)C(=O)N1. The lowest BCUT2D eigenvalue weighted by molar-refractivity contribution is -0.136. The maximum absolute atomic E-state index is 12.9. The largest absolute Gasteiger partial charge is 0.322 e. The van der Waals surface area contributed by atoms with Crippen molar-refractivity contribution in [3.05, 3.63) is 34.9 Å². The average molecular weight is 411 g/mol. The summed E-state index contributed by atoms with van der Waals surface area (Å²) in [6.07, 6.45) is 6.97. The second kappa shape index (κ2) is 8.12. The molecule has 0 aromatic heterocycles. The highest BCUT2D eigenvalue weighted by atomic mass is 16.2. The van der Waals surface area contributed by atoms with E-state index >= 15 is 0 Å². The number of nitrogens with one attached hydrogen (secondary N) is 2. The Morgan fingerprint density at radius 1 is 1.03 bits per heavy atom. The molecule has 30 heavy (non-hydrogen) atoms. The van der Waals surface area contributed by atoms with Gasteiger partial charge in [0.2, 0.25) is 11.8 Å². The minimum absolute atomic E-state index is 0.1000. The van der Waals surface area contributed by atoms with E-state index in [9.17, 15) is 14.4 Å². The van der Waals surface area contributed by atoms with Crippen LogP contribution in [0.5, 0.6) is 0 Å². The number of imide groups is 1. The number of fused-ring (bicyclic) bond motifs is 2. The molecule has 3 saturated heterocycles. The van der Waals surface area contributed by atoms with E-state index in [4.69, 9.17) is 0 Å². The van der Waals surface area contributed by atoms with Crippen LogP contribution in [0.15, 0.2) is 18.2 Å². The van der Waals surface area contributed by atoms with Gasteiger partial charge in [0.05, 0.1) is 0 Å². The summed E-state index contributed by atoms with van der Waals surface area (Å²) in [4.78, 5) is 40.8. The molecular weight excluding hydrogens is 380 g/mol.